The van der Waals surface area contributed by atoms with Gasteiger partial charge in [-0.1, -0.05) is 18.0 Å². The molecule has 0 aliphatic carbocycles. The molecule has 1 saturated heterocycles. The van der Waals surface area contributed by atoms with E-state index in [2.05, 4.69) is 27.9 Å². The zero-order valence-electron chi connectivity index (χ0n) is 12.3. The second-order valence-corrected chi connectivity index (χ2v) is 6.21. The molecule has 0 saturated carbocycles. The maximum Gasteiger partial charge on any atom is 0.138 e. The van der Waals surface area contributed by atoms with E-state index in [4.69, 9.17) is 11.6 Å². The Morgan fingerprint density at radius 1 is 1.25 bits per heavy atom. The van der Waals surface area contributed by atoms with Crippen molar-refractivity contribution in [3.8, 4) is 0 Å². The Kier molecular flexibility index (Phi) is 3.99. The summed E-state index contributed by atoms with van der Waals surface area (Å²) in [5.74, 6) is 0. The van der Waals surface area contributed by atoms with Crippen LogP contribution in [0.3, 0.4) is 0 Å². The quantitative estimate of drug-likeness (QED) is 0.871. The summed E-state index contributed by atoms with van der Waals surface area (Å²) in [6, 6.07) is 2.17. The first-order valence-corrected chi connectivity index (χ1v) is 7.89. The van der Waals surface area contributed by atoms with Gasteiger partial charge in [0.2, 0.25) is 0 Å². The van der Waals surface area contributed by atoms with Crippen molar-refractivity contribution in [2.45, 2.75) is 39.5 Å². The van der Waals surface area contributed by atoms with Gasteiger partial charge in [-0.25, -0.2) is 4.98 Å². The lowest BCUT2D eigenvalue weighted by atomic mass is 10.1. The molecule has 2 aromatic heterocycles. The molecule has 1 aliphatic rings. The molecule has 20 heavy (non-hydrogen) atoms. The second-order valence-electron chi connectivity index (χ2n) is 5.85. The number of aryl methyl sites for hydroxylation is 2. The molecule has 3 rings (SSSR count). The second kappa shape index (κ2) is 5.74. The van der Waals surface area contributed by atoms with Crippen LogP contribution < -0.4 is 0 Å². The van der Waals surface area contributed by atoms with Gasteiger partial charge in [-0.05, 0) is 51.4 Å². The highest BCUT2D eigenvalue weighted by Gasteiger charge is 2.13. The number of piperidine rings is 1. The summed E-state index contributed by atoms with van der Waals surface area (Å²) in [6.45, 7) is 7.75. The highest BCUT2D eigenvalue weighted by atomic mass is 35.5. The Morgan fingerprint density at radius 3 is 2.75 bits per heavy atom. The predicted molar refractivity (Wildman–Crippen MR) is 84.6 cm³/mol. The summed E-state index contributed by atoms with van der Waals surface area (Å²) in [4.78, 5) is 10.5. The van der Waals surface area contributed by atoms with Crippen molar-refractivity contribution in [3.63, 3.8) is 0 Å². The highest BCUT2D eigenvalue weighted by molar-refractivity contribution is 6.34. The first kappa shape index (κ1) is 13.9. The molecule has 4 heteroatoms. The van der Waals surface area contributed by atoms with Crippen LogP contribution in [0, 0.1) is 13.8 Å². The topological polar surface area (TPSA) is 31.9 Å². The molecule has 0 atom stereocenters. The minimum atomic E-state index is 0.614. The fourth-order valence-electron chi connectivity index (χ4n) is 3.04. The SMILES string of the molecule is Cc1nc(Cl)c2cc(CCN3CCCCC3)[nH]c2c1C. The number of hydrogen-bond donors (Lipinski definition) is 1. The summed E-state index contributed by atoms with van der Waals surface area (Å²) < 4.78 is 0. The average Bonchev–Trinajstić information content (AvgIpc) is 2.89. The number of likely N-dealkylation sites (tertiary alicyclic amines) is 1. The van der Waals surface area contributed by atoms with Crippen LogP contribution in [0.15, 0.2) is 6.07 Å². The zero-order valence-corrected chi connectivity index (χ0v) is 13.1. The number of aromatic nitrogens is 2. The number of nitrogens with zero attached hydrogens (tertiary/aromatic N) is 2. The van der Waals surface area contributed by atoms with E-state index in [0.717, 1.165) is 29.6 Å². The van der Waals surface area contributed by atoms with Crippen LogP contribution in [0.4, 0.5) is 0 Å². The molecule has 0 aromatic carbocycles. The number of H-pyrrole nitrogens is 1. The van der Waals surface area contributed by atoms with Crippen molar-refractivity contribution in [1.82, 2.24) is 14.9 Å². The van der Waals surface area contributed by atoms with Gasteiger partial charge in [0, 0.05) is 29.7 Å². The van der Waals surface area contributed by atoms with Gasteiger partial charge in [0.1, 0.15) is 5.15 Å². The number of rotatable bonds is 3. The van der Waals surface area contributed by atoms with Crippen molar-refractivity contribution in [2.75, 3.05) is 19.6 Å². The lowest BCUT2D eigenvalue weighted by Gasteiger charge is -2.26. The van der Waals surface area contributed by atoms with Crippen molar-refractivity contribution in [1.29, 1.82) is 0 Å². The summed E-state index contributed by atoms with van der Waals surface area (Å²) >= 11 is 6.25. The maximum atomic E-state index is 6.25. The minimum Gasteiger partial charge on any atom is -0.358 e. The Morgan fingerprint density at radius 2 is 2.00 bits per heavy atom. The molecule has 0 spiro atoms. The molecule has 1 aliphatic heterocycles. The van der Waals surface area contributed by atoms with Crippen LogP contribution in [0.2, 0.25) is 5.15 Å². The minimum absolute atomic E-state index is 0.614. The molecular formula is C16H22ClN3. The Labute approximate surface area is 125 Å². The van der Waals surface area contributed by atoms with Crippen molar-refractivity contribution in [3.05, 3.63) is 28.2 Å². The van der Waals surface area contributed by atoms with Gasteiger partial charge in [0.15, 0.2) is 0 Å². The van der Waals surface area contributed by atoms with Gasteiger partial charge in [-0.3, -0.25) is 0 Å². The van der Waals surface area contributed by atoms with Crippen molar-refractivity contribution >= 4 is 22.5 Å². The zero-order chi connectivity index (χ0) is 14.1. The fraction of sp³-hybridized carbons (Fsp3) is 0.562. The lowest BCUT2D eigenvalue weighted by molar-refractivity contribution is 0.231. The largest absolute Gasteiger partial charge is 0.358 e. The van der Waals surface area contributed by atoms with Crippen LogP contribution in [0.1, 0.15) is 36.2 Å². The Hall–Kier alpha value is -1.06. The lowest BCUT2D eigenvalue weighted by Crippen LogP contribution is -2.31. The molecule has 1 fully saturated rings. The molecule has 0 amide bonds. The molecule has 3 heterocycles. The molecule has 2 aromatic rings. The number of aromatic amines is 1. The first-order valence-electron chi connectivity index (χ1n) is 7.52. The van der Waals surface area contributed by atoms with Gasteiger partial charge in [0.05, 0.1) is 5.52 Å². The van der Waals surface area contributed by atoms with E-state index >= 15 is 0 Å². The van der Waals surface area contributed by atoms with Gasteiger partial charge < -0.3 is 9.88 Å². The summed E-state index contributed by atoms with van der Waals surface area (Å²) in [7, 11) is 0. The molecule has 0 bridgehead atoms. The van der Waals surface area contributed by atoms with Gasteiger partial charge in [-0.2, -0.15) is 0 Å². The third-order valence-corrected chi connectivity index (χ3v) is 4.71. The predicted octanol–water partition coefficient (Wildman–Crippen LogP) is 3.86. The number of pyridine rings is 1. The first-order chi connectivity index (χ1) is 9.65. The van der Waals surface area contributed by atoms with Crippen LogP contribution >= 0.6 is 11.6 Å². The van der Waals surface area contributed by atoms with Crippen molar-refractivity contribution in [2.24, 2.45) is 0 Å². The number of nitrogens with one attached hydrogen (secondary N) is 1. The standard InChI is InChI=1S/C16H22ClN3/c1-11-12(2)18-16(17)14-10-13(19-15(11)14)6-9-20-7-4-3-5-8-20/h10,19H,3-9H2,1-2H3. The monoisotopic (exact) mass is 291 g/mol. The smallest absolute Gasteiger partial charge is 0.138 e. The maximum absolute atomic E-state index is 6.25. The summed E-state index contributed by atoms with van der Waals surface area (Å²) in [6.07, 6.45) is 5.15. The molecule has 0 radical (unpaired) electrons. The third-order valence-electron chi connectivity index (χ3n) is 4.43. The molecular weight excluding hydrogens is 270 g/mol. The van der Waals surface area contributed by atoms with Gasteiger partial charge in [-0.15, -0.1) is 0 Å². The summed E-state index contributed by atoms with van der Waals surface area (Å²) in [5.41, 5.74) is 4.62. The molecule has 108 valence electrons. The van der Waals surface area contributed by atoms with E-state index < -0.39 is 0 Å². The molecule has 3 nitrogen and oxygen atoms in total. The van der Waals surface area contributed by atoms with Gasteiger partial charge in [0.25, 0.3) is 0 Å². The van der Waals surface area contributed by atoms with Crippen LogP contribution in [-0.4, -0.2) is 34.5 Å². The van der Waals surface area contributed by atoms with Crippen LogP contribution in [-0.2, 0) is 6.42 Å². The average molecular weight is 292 g/mol. The van der Waals surface area contributed by atoms with E-state index in [-0.39, 0.29) is 0 Å². The van der Waals surface area contributed by atoms with Gasteiger partial charge >= 0.3 is 0 Å². The van der Waals surface area contributed by atoms with E-state index in [1.165, 1.54) is 43.6 Å². The fourth-order valence-corrected chi connectivity index (χ4v) is 3.31. The number of fused-ring (bicyclic) bond motifs is 1. The molecule has 1 N–H and O–H groups in total. The Bertz CT molecular complexity index is 612. The van der Waals surface area contributed by atoms with Crippen LogP contribution in [0.5, 0.6) is 0 Å². The van der Waals surface area contributed by atoms with Crippen LogP contribution in [0.25, 0.3) is 10.9 Å². The number of halogens is 1. The van der Waals surface area contributed by atoms with E-state index in [0.29, 0.717) is 5.15 Å². The van der Waals surface area contributed by atoms with E-state index in [1.807, 2.05) is 6.92 Å². The van der Waals surface area contributed by atoms with E-state index in [1.54, 1.807) is 0 Å². The summed E-state index contributed by atoms with van der Waals surface area (Å²) in [5, 5.41) is 1.67. The number of hydrogen-bond acceptors (Lipinski definition) is 2. The highest BCUT2D eigenvalue weighted by Crippen LogP contribution is 2.27. The Balaban J connectivity index is 1.78. The molecule has 0 unspecified atom stereocenters. The third kappa shape index (κ3) is 2.70. The van der Waals surface area contributed by atoms with E-state index in [9.17, 15) is 0 Å². The normalized spacial score (nSPS) is 16.9. The van der Waals surface area contributed by atoms with Crippen molar-refractivity contribution < 1.29 is 0 Å².